The third kappa shape index (κ3) is 3.57. The SMILES string of the molecule is Cc1cc(/C(O)=C2/C(=O)C(=O)N(c3ccc4c(c3)OCO4)C2c2ccco2)ccc1OC(C)C. The molecule has 8 heteroatoms. The summed E-state index contributed by atoms with van der Waals surface area (Å²) in [5.41, 5.74) is 1.55. The van der Waals surface area contributed by atoms with Crippen LogP contribution in [0.5, 0.6) is 17.2 Å². The second-order valence-electron chi connectivity index (χ2n) is 8.37. The zero-order chi connectivity index (χ0) is 24.0. The number of Topliss-reactive ketones (excluding diaryl/α,β-unsaturated/α-hetero) is 1. The molecule has 1 aromatic heterocycles. The number of benzene rings is 2. The normalized spacial score (nSPS) is 18.7. The third-order valence-electron chi connectivity index (χ3n) is 5.70. The van der Waals surface area contributed by atoms with Crippen LogP contribution in [-0.2, 0) is 9.59 Å². The van der Waals surface area contributed by atoms with Gasteiger partial charge in [0.1, 0.15) is 23.3 Å². The summed E-state index contributed by atoms with van der Waals surface area (Å²) in [7, 11) is 0. The molecule has 0 spiro atoms. The Bertz CT molecular complexity index is 1310. The second-order valence-corrected chi connectivity index (χ2v) is 8.37. The van der Waals surface area contributed by atoms with Gasteiger partial charge < -0.3 is 23.7 Å². The lowest BCUT2D eigenvalue weighted by atomic mass is 9.98. The standard InChI is InChI=1S/C26H23NO7/c1-14(2)34-18-8-6-16(11-15(18)3)24(28)22-23(20-5-4-10-31-20)27(26(30)25(22)29)17-7-9-19-21(12-17)33-13-32-19/h4-12,14,23,28H,13H2,1-3H3/b24-22-. The Balaban J connectivity index is 1.63. The topological polar surface area (TPSA) is 98.4 Å². The van der Waals surface area contributed by atoms with Crippen molar-refractivity contribution in [1.29, 1.82) is 0 Å². The van der Waals surface area contributed by atoms with E-state index in [0.29, 0.717) is 34.3 Å². The number of aliphatic hydroxyl groups is 1. The summed E-state index contributed by atoms with van der Waals surface area (Å²) in [6.45, 7) is 5.78. The quantitative estimate of drug-likeness (QED) is 0.333. The molecule has 1 N–H and O–H groups in total. The maximum Gasteiger partial charge on any atom is 0.300 e. The number of amides is 1. The number of rotatable bonds is 5. The predicted octanol–water partition coefficient (Wildman–Crippen LogP) is 4.73. The van der Waals surface area contributed by atoms with Gasteiger partial charge in [-0.25, -0.2) is 0 Å². The Morgan fingerprint density at radius 3 is 2.59 bits per heavy atom. The van der Waals surface area contributed by atoms with Gasteiger partial charge in [0.25, 0.3) is 11.7 Å². The fourth-order valence-corrected chi connectivity index (χ4v) is 4.19. The fourth-order valence-electron chi connectivity index (χ4n) is 4.19. The molecule has 174 valence electrons. The van der Waals surface area contributed by atoms with Gasteiger partial charge in [-0.05, 0) is 68.8 Å². The third-order valence-corrected chi connectivity index (χ3v) is 5.70. The molecule has 1 amide bonds. The van der Waals surface area contributed by atoms with Crippen LogP contribution in [-0.4, -0.2) is 29.7 Å². The summed E-state index contributed by atoms with van der Waals surface area (Å²) < 4.78 is 22.2. The molecule has 5 rings (SSSR count). The van der Waals surface area contributed by atoms with Gasteiger partial charge in [-0.1, -0.05) is 0 Å². The van der Waals surface area contributed by atoms with Crippen LogP contribution in [0.4, 0.5) is 5.69 Å². The lowest BCUT2D eigenvalue weighted by Gasteiger charge is -2.23. The number of ketones is 1. The summed E-state index contributed by atoms with van der Waals surface area (Å²) in [5, 5.41) is 11.2. The molecule has 2 aliphatic heterocycles. The minimum atomic E-state index is -0.956. The Kier molecular flexibility index (Phi) is 5.28. The molecule has 0 aliphatic carbocycles. The molecule has 1 fully saturated rings. The second kappa shape index (κ2) is 8.30. The van der Waals surface area contributed by atoms with Crippen molar-refractivity contribution in [3.8, 4) is 17.2 Å². The van der Waals surface area contributed by atoms with Crippen molar-refractivity contribution >= 4 is 23.1 Å². The first-order valence-corrected chi connectivity index (χ1v) is 10.9. The van der Waals surface area contributed by atoms with Crippen LogP contribution in [0.2, 0.25) is 0 Å². The molecule has 2 aliphatic rings. The van der Waals surface area contributed by atoms with Gasteiger partial charge in [0.05, 0.1) is 17.9 Å². The van der Waals surface area contributed by atoms with E-state index in [1.54, 1.807) is 48.5 Å². The van der Waals surface area contributed by atoms with Crippen LogP contribution >= 0.6 is 0 Å². The Morgan fingerprint density at radius 1 is 1.09 bits per heavy atom. The largest absolute Gasteiger partial charge is 0.507 e. The zero-order valence-corrected chi connectivity index (χ0v) is 18.9. The van der Waals surface area contributed by atoms with Crippen LogP contribution in [0.15, 0.2) is 64.8 Å². The van der Waals surface area contributed by atoms with Gasteiger partial charge in [-0.3, -0.25) is 14.5 Å². The number of fused-ring (bicyclic) bond motifs is 1. The van der Waals surface area contributed by atoms with Gasteiger partial charge in [0, 0.05) is 17.3 Å². The lowest BCUT2D eigenvalue weighted by molar-refractivity contribution is -0.132. The molecule has 0 saturated carbocycles. The van der Waals surface area contributed by atoms with Gasteiger partial charge in [-0.15, -0.1) is 0 Å². The van der Waals surface area contributed by atoms with E-state index in [9.17, 15) is 14.7 Å². The van der Waals surface area contributed by atoms with Gasteiger partial charge >= 0.3 is 0 Å². The molecule has 0 radical (unpaired) electrons. The molecular formula is C26H23NO7. The van der Waals surface area contributed by atoms with E-state index in [2.05, 4.69) is 0 Å². The summed E-state index contributed by atoms with van der Waals surface area (Å²) in [6.07, 6.45) is 1.45. The zero-order valence-electron chi connectivity index (χ0n) is 18.9. The number of ether oxygens (including phenoxy) is 3. The highest BCUT2D eigenvalue weighted by Crippen LogP contribution is 2.45. The summed E-state index contributed by atoms with van der Waals surface area (Å²) in [5.74, 6) is 0.157. The smallest absolute Gasteiger partial charge is 0.300 e. The van der Waals surface area contributed by atoms with Crippen molar-refractivity contribution in [1.82, 2.24) is 0 Å². The van der Waals surface area contributed by atoms with Crippen LogP contribution in [0.1, 0.15) is 36.8 Å². The first-order valence-electron chi connectivity index (χ1n) is 10.9. The van der Waals surface area contributed by atoms with E-state index in [1.165, 1.54) is 11.2 Å². The molecule has 1 saturated heterocycles. The van der Waals surface area contributed by atoms with Gasteiger partial charge in [0.2, 0.25) is 6.79 Å². The number of carbonyl (C=O) groups excluding carboxylic acids is 2. The number of anilines is 1. The van der Waals surface area contributed by atoms with E-state index in [0.717, 1.165) is 5.56 Å². The number of aliphatic hydroxyl groups excluding tert-OH is 1. The summed E-state index contributed by atoms with van der Waals surface area (Å²) >= 11 is 0. The molecule has 3 heterocycles. The number of aryl methyl sites for hydroxylation is 1. The molecule has 3 aromatic rings. The van der Waals surface area contributed by atoms with Crippen molar-refractivity contribution in [3.05, 3.63) is 77.3 Å². The van der Waals surface area contributed by atoms with E-state index in [4.69, 9.17) is 18.6 Å². The lowest BCUT2D eigenvalue weighted by Crippen LogP contribution is -2.29. The highest BCUT2D eigenvalue weighted by atomic mass is 16.7. The van der Waals surface area contributed by atoms with Crippen LogP contribution in [0, 0.1) is 6.92 Å². The van der Waals surface area contributed by atoms with Crippen LogP contribution in [0.25, 0.3) is 5.76 Å². The minimum Gasteiger partial charge on any atom is -0.507 e. The molecule has 0 bridgehead atoms. The molecule has 34 heavy (non-hydrogen) atoms. The van der Waals surface area contributed by atoms with Crippen molar-refractivity contribution in [2.24, 2.45) is 0 Å². The molecule has 1 atom stereocenters. The number of furan rings is 1. The van der Waals surface area contributed by atoms with Crippen molar-refractivity contribution in [2.75, 3.05) is 11.7 Å². The first kappa shape index (κ1) is 21.6. The first-order chi connectivity index (χ1) is 16.3. The summed E-state index contributed by atoms with van der Waals surface area (Å²) in [4.78, 5) is 27.7. The number of hydrogen-bond donors (Lipinski definition) is 1. The van der Waals surface area contributed by atoms with Gasteiger partial charge in [0.15, 0.2) is 11.5 Å². The average Bonchev–Trinajstić information content (AvgIpc) is 3.54. The van der Waals surface area contributed by atoms with E-state index < -0.39 is 17.7 Å². The molecular weight excluding hydrogens is 438 g/mol. The average molecular weight is 461 g/mol. The highest BCUT2D eigenvalue weighted by molar-refractivity contribution is 6.51. The van der Waals surface area contributed by atoms with E-state index in [-0.39, 0.29) is 24.2 Å². The van der Waals surface area contributed by atoms with Crippen molar-refractivity contribution in [2.45, 2.75) is 32.9 Å². The van der Waals surface area contributed by atoms with E-state index >= 15 is 0 Å². The number of nitrogens with zero attached hydrogens (tertiary/aromatic N) is 1. The molecule has 2 aromatic carbocycles. The monoisotopic (exact) mass is 461 g/mol. The molecule has 8 nitrogen and oxygen atoms in total. The van der Waals surface area contributed by atoms with Gasteiger partial charge in [-0.2, -0.15) is 0 Å². The number of carbonyl (C=O) groups is 2. The number of hydrogen-bond acceptors (Lipinski definition) is 7. The molecule has 1 unspecified atom stereocenters. The minimum absolute atomic E-state index is 0.0101. The fraction of sp³-hybridized carbons (Fsp3) is 0.231. The van der Waals surface area contributed by atoms with E-state index in [1.807, 2.05) is 20.8 Å². The Hall–Kier alpha value is -4.20. The maximum atomic E-state index is 13.2. The Morgan fingerprint density at radius 2 is 1.88 bits per heavy atom. The van der Waals surface area contributed by atoms with Crippen LogP contribution < -0.4 is 19.1 Å². The summed E-state index contributed by atoms with van der Waals surface area (Å²) in [6, 6.07) is 12.5. The Labute approximate surface area is 196 Å². The van der Waals surface area contributed by atoms with Crippen molar-refractivity contribution < 1.29 is 33.3 Å². The highest BCUT2D eigenvalue weighted by Gasteiger charge is 2.48. The van der Waals surface area contributed by atoms with Crippen LogP contribution in [0.3, 0.4) is 0 Å². The predicted molar refractivity (Wildman–Crippen MR) is 123 cm³/mol. The van der Waals surface area contributed by atoms with Crippen molar-refractivity contribution in [3.63, 3.8) is 0 Å². The maximum absolute atomic E-state index is 13.2.